The minimum Gasteiger partial charge on any atom is -0.345 e. The van der Waals surface area contributed by atoms with E-state index in [4.69, 9.17) is 0 Å². The summed E-state index contributed by atoms with van der Waals surface area (Å²) >= 11 is 0. The highest BCUT2D eigenvalue weighted by molar-refractivity contribution is 5.94. The Labute approximate surface area is 139 Å². The number of carbonyl (C=O) groups excluding carboxylic acids is 1. The Morgan fingerprint density at radius 2 is 1.57 bits per heavy atom. The highest BCUT2D eigenvalue weighted by Gasteiger charge is 2.16. The number of hydrogen-bond donors (Lipinski definition) is 1. The van der Waals surface area contributed by atoms with E-state index in [-0.39, 0.29) is 17.4 Å². The summed E-state index contributed by atoms with van der Waals surface area (Å²) in [4.78, 5) is 12.5. The molecule has 0 aliphatic carbocycles. The monoisotopic (exact) mass is 309 g/mol. The van der Waals surface area contributed by atoms with E-state index < -0.39 is 0 Å². The number of nitrogens with one attached hydrogen (secondary N) is 1. The van der Waals surface area contributed by atoms with Gasteiger partial charge in [-0.05, 0) is 42.0 Å². The van der Waals surface area contributed by atoms with Gasteiger partial charge in [-0.25, -0.2) is 0 Å². The molecule has 0 heterocycles. The van der Waals surface area contributed by atoms with Gasteiger partial charge in [-0.1, -0.05) is 69.7 Å². The second kappa shape index (κ2) is 6.99. The summed E-state index contributed by atoms with van der Waals surface area (Å²) in [6, 6.07) is 16.3. The molecule has 0 radical (unpaired) electrons. The van der Waals surface area contributed by atoms with Crippen molar-refractivity contribution in [1.29, 1.82) is 0 Å². The van der Waals surface area contributed by atoms with E-state index >= 15 is 0 Å². The molecule has 1 unspecified atom stereocenters. The van der Waals surface area contributed by atoms with Gasteiger partial charge in [0, 0.05) is 5.56 Å². The quantitative estimate of drug-likeness (QED) is 0.829. The van der Waals surface area contributed by atoms with Crippen molar-refractivity contribution >= 4 is 5.91 Å². The first-order valence-corrected chi connectivity index (χ1v) is 8.29. The lowest BCUT2D eigenvalue weighted by Crippen LogP contribution is -2.28. The molecular weight excluding hydrogens is 282 g/mol. The molecule has 23 heavy (non-hydrogen) atoms. The van der Waals surface area contributed by atoms with Crippen LogP contribution in [0.3, 0.4) is 0 Å². The van der Waals surface area contributed by atoms with Crippen LogP contribution in [0.1, 0.15) is 67.2 Å². The van der Waals surface area contributed by atoms with E-state index in [0.29, 0.717) is 5.56 Å². The fourth-order valence-corrected chi connectivity index (χ4v) is 2.58. The van der Waals surface area contributed by atoms with Crippen molar-refractivity contribution in [2.45, 2.75) is 52.5 Å². The van der Waals surface area contributed by atoms with Crippen molar-refractivity contribution in [3.63, 3.8) is 0 Å². The van der Waals surface area contributed by atoms with Crippen LogP contribution in [-0.2, 0) is 5.41 Å². The first kappa shape index (κ1) is 17.3. The lowest BCUT2D eigenvalue weighted by Gasteiger charge is -2.20. The second-order valence-corrected chi connectivity index (χ2v) is 7.17. The normalized spacial score (nSPS) is 12.7. The maximum atomic E-state index is 12.5. The molecule has 1 amide bonds. The van der Waals surface area contributed by atoms with Gasteiger partial charge in [-0.3, -0.25) is 4.79 Å². The number of benzene rings is 2. The van der Waals surface area contributed by atoms with Gasteiger partial charge in [0.1, 0.15) is 0 Å². The van der Waals surface area contributed by atoms with Crippen LogP contribution < -0.4 is 5.32 Å². The molecule has 0 saturated carbocycles. The Morgan fingerprint density at radius 3 is 2.04 bits per heavy atom. The van der Waals surface area contributed by atoms with Crippen molar-refractivity contribution in [3.05, 3.63) is 70.8 Å². The van der Waals surface area contributed by atoms with Gasteiger partial charge >= 0.3 is 0 Å². The molecule has 0 aromatic heterocycles. The van der Waals surface area contributed by atoms with Gasteiger partial charge in [0.05, 0.1) is 6.04 Å². The molecule has 0 bridgehead atoms. The van der Waals surface area contributed by atoms with Crippen LogP contribution in [-0.4, -0.2) is 5.91 Å². The molecule has 2 aromatic carbocycles. The maximum Gasteiger partial charge on any atom is 0.251 e. The summed E-state index contributed by atoms with van der Waals surface area (Å²) in [6.45, 7) is 10.7. The summed E-state index contributed by atoms with van der Waals surface area (Å²) in [5.41, 5.74) is 4.43. The van der Waals surface area contributed by atoms with Crippen LogP contribution in [0.5, 0.6) is 0 Å². The van der Waals surface area contributed by atoms with Gasteiger partial charge in [-0.2, -0.15) is 0 Å². The lowest BCUT2D eigenvalue weighted by atomic mass is 9.86. The highest BCUT2D eigenvalue weighted by atomic mass is 16.1. The summed E-state index contributed by atoms with van der Waals surface area (Å²) in [6.07, 6.45) is 0.870. The predicted octanol–water partition coefficient (Wildman–Crippen LogP) is 5.17. The van der Waals surface area contributed by atoms with Gasteiger partial charge in [0.15, 0.2) is 0 Å². The Morgan fingerprint density at radius 1 is 1.00 bits per heavy atom. The van der Waals surface area contributed by atoms with E-state index in [9.17, 15) is 4.79 Å². The average Bonchev–Trinajstić information content (AvgIpc) is 2.52. The van der Waals surface area contributed by atoms with Gasteiger partial charge in [0.2, 0.25) is 0 Å². The number of carbonyl (C=O) groups is 1. The van der Waals surface area contributed by atoms with Crippen LogP contribution in [0.2, 0.25) is 0 Å². The van der Waals surface area contributed by atoms with Crippen LogP contribution in [0.15, 0.2) is 48.5 Å². The van der Waals surface area contributed by atoms with Crippen LogP contribution in [0.4, 0.5) is 0 Å². The summed E-state index contributed by atoms with van der Waals surface area (Å²) in [5, 5.41) is 3.14. The van der Waals surface area contributed by atoms with Gasteiger partial charge < -0.3 is 5.32 Å². The Balaban J connectivity index is 2.12. The molecule has 122 valence electrons. The SMILES string of the molecule is CCC(NC(=O)c1ccc(C(C)(C)C)cc1)c1ccc(C)cc1. The van der Waals surface area contributed by atoms with Gasteiger partial charge in [0.25, 0.3) is 5.91 Å². The fraction of sp³-hybridized carbons (Fsp3) is 0.381. The van der Waals surface area contributed by atoms with Crippen LogP contribution in [0, 0.1) is 6.92 Å². The smallest absolute Gasteiger partial charge is 0.251 e. The third kappa shape index (κ3) is 4.44. The lowest BCUT2D eigenvalue weighted by molar-refractivity contribution is 0.0935. The third-order valence-electron chi connectivity index (χ3n) is 4.21. The topological polar surface area (TPSA) is 29.1 Å². The molecule has 0 saturated heterocycles. The molecule has 2 rings (SSSR count). The summed E-state index contributed by atoms with van der Waals surface area (Å²) in [5.74, 6) is -0.0158. The minimum absolute atomic E-state index is 0.0158. The summed E-state index contributed by atoms with van der Waals surface area (Å²) in [7, 11) is 0. The zero-order valence-corrected chi connectivity index (χ0v) is 14.8. The van der Waals surface area contributed by atoms with Gasteiger partial charge in [-0.15, -0.1) is 0 Å². The molecule has 2 aromatic rings. The number of hydrogen-bond acceptors (Lipinski definition) is 1. The number of rotatable bonds is 4. The van der Waals surface area contributed by atoms with Crippen molar-refractivity contribution in [2.75, 3.05) is 0 Å². The molecule has 0 fully saturated rings. The molecule has 0 aliphatic rings. The highest BCUT2D eigenvalue weighted by Crippen LogP contribution is 2.23. The molecule has 0 aliphatic heterocycles. The van der Waals surface area contributed by atoms with Crippen molar-refractivity contribution in [2.24, 2.45) is 0 Å². The largest absolute Gasteiger partial charge is 0.345 e. The molecule has 0 spiro atoms. The van der Waals surface area contributed by atoms with Crippen molar-refractivity contribution in [1.82, 2.24) is 5.32 Å². The molecule has 1 N–H and O–H groups in total. The average molecular weight is 309 g/mol. The third-order valence-corrected chi connectivity index (χ3v) is 4.21. The Hall–Kier alpha value is -2.09. The van der Waals surface area contributed by atoms with E-state index in [1.807, 2.05) is 24.3 Å². The van der Waals surface area contributed by atoms with E-state index in [1.54, 1.807) is 0 Å². The van der Waals surface area contributed by atoms with Crippen LogP contribution >= 0.6 is 0 Å². The van der Waals surface area contributed by atoms with Crippen molar-refractivity contribution < 1.29 is 4.79 Å². The van der Waals surface area contributed by atoms with Crippen molar-refractivity contribution in [3.8, 4) is 0 Å². The van der Waals surface area contributed by atoms with E-state index in [1.165, 1.54) is 11.1 Å². The molecule has 2 heteroatoms. The predicted molar refractivity (Wildman–Crippen MR) is 96.8 cm³/mol. The molecule has 2 nitrogen and oxygen atoms in total. The molecule has 1 atom stereocenters. The number of amides is 1. The minimum atomic E-state index is -0.0158. The first-order chi connectivity index (χ1) is 10.8. The number of aryl methyl sites for hydroxylation is 1. The standard InChI is InChI=1S/C21H27NO/c1-6-19(16-9-7-15(2)8-10-16)22-20(23)17-11-13-18(14-12-17)21(3,4)5/h7-14,19H,6H2,1-5H3,(H,22,23). The molecular formula is C21H27NO. The van der Waals surface area contributed by atoms with E-state index in [2.05, 4.69) is 64.2 Å². The zero-order chi connectivity index (χ0) is 17.0. The Bertz CT molecular complexity index is 648. The first-order valence-electron chi connectivity index (χ1n) is 8.29. The Kier molecular flexibility index (Phi) is 5.25. The fourth-order valence-electron chi connectivity index (χ4n) is 2.58. The maximum absolute atomic E-state index is 12.5. The second-order valence-electron chi connectivity index (χ2n) is 7.17. The van der Waals surface area contributed by atoms with Crippen LogP contribution in [0.25, 0.3) is 0 Å². The zero-order valence-electron chi connectivity index (χ0n) is 14.8. The summed E-state index contributed by atoms with van der Waals surface area (Å²) < 4.78 is 0. The van der Waals surface area contributed by atoms with E-state index in [0.717, 1.165) is 12.0 Å².